The third-order valence-electron chi connectivity index (χ3n) is 24.5. The minimum absolute atomic E-state index is 0. The molecular weight excluding hydrogens is 1670 g/mol. The lowest BCUT2D eigenvalue weighted by atomic mass is 9.77. The second-order valence-corrected chi connectivity index (χ2v) is 38.6. The van der Waals surface area contributed by atoms with Crippen LogP contribution in [0.3, 0.4) is 0 Å². The van der Waals surface area contributed by atoms with E-state index >= 15 is 0 Å². The highest BCUT2D eigenvalue weighted by Gasteiger charge is 2.37. The summed E-state index contributed by atoms with van der Waals surface area (Å²) in [5, 5.41) is 38.9. The highest BCUT2D eigenvalue weighted by Crippen LogP contribution is 2.48. The van der Waals surface area contributed by atoms with Crippen LogP contribution >= 0.6 is 58.6 Å². The molecule has 127 heavy (non-hydrogen) atoms. The maximum atomic E-state index is 11.1. The van der Waals surface area contributed by atoms with E-state index in [9.17, 15) is 9.59 Å². The molecule has 4 atom stereocenters. The Morgan fingerprint density at radius 3 is 1.15 bits per heavy atom. The van der Waals surface area contributed by atoms with Crippen LogP contribution in [-0.4, -0.2) is 88.8 Å². The summed E-state index contributed by atoms with van der Waals surface area (Å²) in [6, 6.07) is 69.5. The fourth-order valence-electron chi connectivity index (χ4n) is 17.1. The predicted octanol–water partition coefficient (Wildman–Crippen LogP) is 31.2. The summed E-state index contributed by atoms with van der Waals surface area (Å²) in [5.41, 5.74) is 16.9. The van der Waals surface area contributed by atoms with Gasteiger partial charge in [0, 0.05) is 43.6 Å². The van der Waals surface area contributed by atoms with Gasteiger partial charge in [-0.15, -0.1) is 30.7 Å². The van der Waals surface area contributed by atoms with Crippen LogP contribution in [0, 0.1) is 11.8 Å². The molecule has 16 rings (SSSR count). The number of hydrogen-bond acceptors (Lipinski definition) is 21. The summed E-state index contributed by atoms with van der Waals surface area (Å²) in [6.45, 7) is 15.4. The van der Waals surface area contributed by atoms with Gasteiger partial charge in [-0.2, -0.15) is 10.2 Å². The van der Waals surface area contributed by atoms with Gasteiger partial charge in [0.05, 0.1) is 53.1 Å². The number of carbonyl (C=O) groups excluding carboxylic acids is 2. The summed E-state index contributed by atoms with van der Waals surface area (Å²) in [5.74, 6) is 4.62. The predicted molar refractivity (Wildman–Crippen MR) is 536 cm³/mol. The lowest BCUT2D eigenvalue weighted by molar-refractivity contribution is -0.137. The summed E-state index contributed by atoms with van der Waals surface area (Å²) in [6.07, 6.45) is 39.7. The molecule has 0 bridgehead atoms. The number of nitrogens with zero attached hydrogens (tertiary/aromatic N) is 12. The zero-order valence-electron chi connectivity index (χ0n) is 72.3. The van der Waals surface area contributed by atoms with E-state index in [0.717, 1.165) is 151 Å². The molecule has 2 aliphatic carbocycles. The number of ether oxygens (including phenoxy) is 3. The van der Waals surface area contributed by atoms with Gasteiger partial charge < -0.3 is 24.0 Å². The Bertz CT molecular complexity index is 5000. The van der Waals surface area contributed by atoms with Gasteiger partial charge in [-0.25, -0.2) is 14.8 Å². The lowest BCUT2D eigenvalue weighted by Gasteiger charge is -2.29. The minimum atomic E-state index is -0.509. The van der Waals surface area contributed by atoms with Crippen molar-refractivity contribution in [1.29, 1.82) is 0 Å². The number of esters is 1. The Morgan fingerprint density at radius 1 is 0.409 bits per heavy atom. The average Bonchev–Trinajstić information content (AvgIpc) is 1.73. The van der Waals surface area contributed by atoms with Crippen LogP contribution in [-0.2, 0) is 27.2 Å². The van der Waals surface area contributed by atoms with Crippen LogP contribution in [0.1, 0.15) is 216 Å². The molecule has 17 nitrogen and oxygen atoms in total. The molecule has 2 saturated carbocycles. The fraction of sp³-hybridized carbons (Fsp3) is 0.429. The maximum absolute atomic E-state index is 11.1. The van der Waals surface area contributed by atoms with Crippen LogP contribution in [0.5, 0.6) is 11.5 Å². The van der Waals surface area contributed by atoms with Gasteiger partial charge >= 0.3 is 5.97 Å². The number of thioether (sulfide) groups is 4. The van der Waals surface area contributed by atoms with Gasteiger partial charge in [-0.3, -0.25) is 4.79 Å². The third kappa shape index (κ3) is 30.8. The number of amidine groups is 2. The van der Waals surface area contributed by atoms with Crippen molar-refractivity contribution in [3.8, 4) is 33.8 Å². The fourth-order valence-corrected chi connectivity index (χ4v) is 21.7. The first-order chi connectivity index (χ1) is 61.4. The molecular formula is C105H127ClN12O5S4. The smallest absolute Gasteiger partial charge is 0.330 e. The van der Waals surface area contributed by atoms with Gasteiger partial charge in [0.1, 0.15) is 32.3 Å². The molecule has 0 aromatic heterocycles. The van der Waals surface area contributed by atoms with E-state index in [0.29, 0.717) is 24.3 Å². The molecule has 8 aromatic rings. The molecule has 2 saturated heterocycles. The average molecular weight is 1800 g/mol. The number of benzene rings is 8. The second kappa shape index (κ2) is 51.6. The van der Waals surface area contributed by atoms with Crippen molar-refractivity contribution in [3.05, 3.63) is 264 Å². The van der Waals surface area contributed by atoms with Crippen LogP contribution < -0.4 is 19.3 Å². The Balaban J connectivity index is 0.000000218. The minimum Gasteiger partial charge on any atom is -0.494 e. The molecule has 8 aromatic carbocycles. The molecule has 0 amide bonds. The molecule has 8 aliphatic rings. The molecule has 0 spiro atoms. The van der Waals surface area contributed by atoms with Crippen LogP contribution in [0.25, 0.3) is 22.3 Å². The first-order valence-electron chi connectivity index (χ1n) is 45.5. The summed E-state index contributed by atoms with van der Waals surface area (Å²) in [7, 11) is 0. The Hall–Kier alpha value is -9.51. The Kier molecular flexibility index (Phi) is 39.3. The van der Waals surface area contributed by atoms with E-state index < -0.39 is 5.24 Å². The third-order valence-corrected chi connectivity index (χ3v) is 29.3. The van der Waals surface area contributed by atoms with Crippen molar-refractivity contribution in [2.45, 2.75) is 228 Å². The van der Waals surface area contributed by atoms with Crippen LogP contribution in [0.2, 0.25) is 0 Å². The van der Waals surface area contributed by atoms with E-state index in [4.69, 9.17) is 35.8 Å². The van der Waals surface area contributed by atoms with Gasteiger partial charge in [0.15, 0.2) is 0 Å². The van der Waals surface area contributed by atoms with Crippen molar-refractivity contribution in [3.63, 3.8) is 0 Å². The van der Waals surface area contributed by atoms with Gasteiger partial charge in [0.2, 0.25) is 15.6 Å². The number of allylic oxidation sites excluding steroid dienone is 1. The normalized spacial score (nSPS) is 20.5. The van der Waals surface area contributed by atoms with Gasteiger partial charge in [-0.1, -0.05) is 243 Å². The Morgan fingerprint density at radius 2 is 0.764 bits per heavy atom. The van der Waals surface area contributed by atoms with E-state index in [1.54, 1.807) is 47.0 Å². The van der Waals surface area contributed by atoms with Crippen molar-refractivity contribution in [1.82, 2.24) is 0 Å². The number of hydrogen-bond donors (Lipinski definition) is 0. The Labute approximate surface area is 776 Å². The largest absolute Gasteiger partial charge is 0.494 e. The van der Waals surface area contributed by atoms with E-state index in [1.807, 2.05) is 72.8 Å². The van der Waals surface area contributed by atoms with Crippen molar-refractivity contribution < 1.29 is 23.8 Å². The molecule has 668 valence electrons. The zero-order chi connectivity index (χ0) is 86.0. The molecule has 4 fully saturated rings. The number of aryl methyl sites for hydroxylation is 2. The summed E-state index contributed by atoms with van der Waals surface area (Å²) < 4.78 is 17.1. The monoisotopic (exact) mass is 1800 g/mol. The van der Waals surface area contributed by atoms with E-state index in [2.05, 4.69) is 204 Å². The number of carbonyl (C=O) groups is 2. The number of azo groups is 4. The van der Waals surface area contributed by atoms with Crippen molar-refractivity contribution in [2.24, 2.45) is 62.7 Å². The number of aliphatic imine (C=N–C) groups is 2. The van der Waals surface area contributed by atoms with Gasteiger partial charge in [-0.05, 0) is 304 Å². The lowest BCUT2D eigenvalue weighted by Crippen LogP contribution is -2.17. The van der Waals surface area contributed by atoms with Crippen LogP contribution in [0.4, 0.5) is 34.1 Å². The number of anilines is 2. The van der Waals surface area contributed by atoms with Gasteiger partial charge in [0.25, 0.3) is 0 Å². The number of rotatable bonds is 37. The van der Waals surface area contributed by atoms with E-state index in [1.165, 1.54) is 190 Å². The van der Waals surface area contributed by atoms with Crippen molar-refractivity contribution in [2.75, 3.05) is 55.8 Å². The molecule has 4 unspecified atom stereocenters. The SMILES string of the molecule is C.C.C=CC(=O)Cl.C=CC(=O)OCCCCCCC1CCC(c2ccc(-c3ccc(CCCCCCOc4ccc(N=NC5=CC6SC(N=Nc7ccc(N8CCCC8)cc7)=NC6S5)cc4)cc3)cc2)CC1.CC1CCC(c2ccc(-c3ccc(CCCCCCOc4ccc(N=NC5=CC6SC(N=Nc7ccc(N8CCCC8)cc7)=NC6S5)cc4)cc3)cc2)CC1. The first-order valence-corrected chi connectivity index (χ1v) is 49.4. The number of fused-ring (bicyclic) bond motifs is 2. The maximum Gasteiger partial charge on any atom is 0.330 e. The van der Waals surface area contributed by atoms with Crippen molar-refractivity contribution >= 4 is 114 Å². The molecule has 6 aliphatic heterocycles. The molecule has 6 heterocycles. The second-order valence-electron chi connectivity index (χ2n) is 33.6. The van der Waals surface area contributed by atoms with Crippen LogP contribution in [0.15, 0.2) is 293 Å². The highest BCUT2D eigenvalue weighted by molar-refractivity contribution is 8.17. The molecule has 0 N–H and O–H groups in total. The molecule has 22 heteroatoms. The standard InChI is InChI=1S/C54H64N6O3S2.C46H52N6OS2.C3H3ClO.2CH4/c1-2-52(61)63-38-12-6-4-8-14-41-17-21-43(22-18-41)45-25-23-44(24-26-45)42-19-15-40(16-20-42)13-7-3-5-11-37-62-49-33-29-47(30-34-49)56-58-51-39-50-53(65-51)55-54(64-50)59-57-46-27-31-48(32-28-46)60-35-9-10-36-60;1-33-9-13-35(14-10-33)37-17-19-38(20-18-37)36-15-11-34(12-16-36)8-4-2-3-7-31-53-42-27-23-40(24-28-42)48-50-44-32-43-45(55-44)47-46(54-43)51-49-39-21-25-41(26-22-39)52-29-5-6-30-52;1-2-3(4)5;;/h2,15-16,19-20,23-34,39,41,43,50,53H,1,3-14,17-18,21-22,35-38H2;11-12,15-28,32-33,35,43,45H,2-10,13-14,29-31H2,1H3;2H,1H2;2*1H4. The summed E-state index contributed by atoms with van der Waals surface area (Å²) >= 11 is 11.2. The number of unbranched alkanes of at least 4 members (excludes halogenated alkanes) is 9. The number of halogens is 1. The van der Waals surface area contributed by atoms with E-state index in [-0.39, 0.29) is 42.1 Å². The summed E-state index contributed by atoms with van der Waals surface area (Å²) in [4.78, 5) is 35.0. The quantitative estimate of drug-likeness (QED) is 0.0118. The first kappa shape index (κ1) is 96.6. The zero-order valence-corrected chi connectivity index (χ0v) is 76.3. The topological polar surface area (TPSA) is 192 Å². The highest BCUT2D eigenvalue weighted by atomic mass is 35.5. The molecule has 0 radical (unpaired) electrons.